The lowest BCUT2D eigenvalue weighted by Gasteiger charge is -2.20. The van der Waals surface area contributed by atoms with E-state index >= 15 is 0 Å². The van der Waals surface area contributed by atoms with E-state index in [-0.39, 0.29) is 24.4 Å². The Kier molecular flexibility index (Phi) is 4.86. The molecule has 0 saturated carbocycles. The van der Waals surface area contributed by atoms with Crippen molar-refractivity contribution in [1.82, 2.24) is 10.3 Å². The quantitative estimate of drug-likeness (QED) is 0.788. The van der Waals surface area contributed by atoms with Gasteiger partial charge in [0, 0.05) is 24.3 Å². The average Bonchev–Trinajstić information content (AvgIpc) is 2.60. The van der Waals surface area contributed by atoms with E-state index in [0.717, 1.165) is 23.2 Å². The maximum absolute atomic E-state index is 12.0. The molecule has 1 aliphatic heterocycles. The van der Waals surface area contributed by atoms with Gasteiger partial charge < -0.3 is 16.0 Å². The fraction of sp³-hybridized carbons (Fsp3) is 0.278. The second kappa shape index (κ2) is 7.23. The lowest BCUT2D eigenvalue weighted by Crippen LogP contribution is -2.30. The zero-order chi connectivity index (χ0) is 16.9. The Morgan fingerprint density at radius 2 is 2.21 bits per heavy atom. The fourth-order valence-corrected chi connectivity index (χ4v) is 2.68. The van der Waals surface area contributed by atoms with Crippen molar-refractivity contribution in [3.8, 4) is 0 Å². The minimum Gasteiger partial charge on any atom is -0.326 e. The van der Waals surface area contributed by atoms with E-state index in [9.17, 15) is 9.59 Å². The maximum Gasteiger partial charge on any atom is 0.238 e. The van der Waals surface area contributed by atoms with Crippen molar-refractivity contribution in [1.29, 1.82) is 0 Å². The lowest BCUT2D eigenvalue weighted by atomic mass is 9.98. The molecule has 1 aromatic heterocycles. The number of hydrogen-bond donors (Lipinski definition) is 3. The van der Waals surface area contributed by atoms with E-state index in [1.807, 2.05) is 19.1 Å². The van der Waals surface area contributed by atoms with Gasteiger partial charge in [-0.05, 0) is 42.7 Å². The van der Waals surface area contributed by atoms with Gasteiger partial charge in [-0.25, -0.2) is 0 Å². The van der Waals surface area contributed by atoms with Crippen LogP contribution in [-0.2, 0) is 16.0 Å². The van der Waals surface area contributed by atoms with Crippen LogP contribution in [0, 0.1) is 0 Å². The SMILES string of the molecule is CC(NCC(=O)Nc1cccnc1)c1ccc2c(c1)CCC(=O)N2. The number of anilines is 2. The summed E-state index contributed by atoms with van der Waals surface area (Å²) in [5, 5.41) is 8.88. The van der Waals surface area contributed by atoms with E-state index in [2.05, 4.69) is 27.0 Å². The van der Waals surface area contributed by atoms with Gasteiger partial charge in [0.25, 0.3) is 0 Å². The normalized spacial score (nSPS) is 14.5. The highest BCUT2D eigenvalue weighted by atomic mass is 16.2. The Morgan fingerprint density at radius 3 is 3.00 bits per heavy atom. The summed E-state index contributed by atoms with van der Waals surface area (Å²) in [5.74, 6) is -0.0476. The first kappa shape index (κ1) is 16.1. The summed E-state index contributed by atoms with van der Waals surface area (Å²) in [6.07, 6.45) is 4.54. The molecular weight excluding hydrogens is 304 g/mol. The monoisotopic (exact) mass is 324 g/mol. The number of nitrogens with one attached hydrogen (secondary N) is 3. The van der Waals surface area contributed by atoms with Gasteiger partial charge in [-0.15, -0.1) is 0 Å². The summed E-state index contributed by atoms with van der Waals surface area (Å²) < 4.78 is 0. The van der Waals surface area contributed by atoms with Gasteiger partial charge in [0.15, 0.2) is 0 Å². The minimum absolute atomic E-state index is 0.0348. The van der Waals surface area contributed by atoms with Crippen molar-refractivity contribution in [3.05, 3.63) is 53.9 Å². The van der Waals surface area contributed by atoms with Crippen molar-refractivity contribution in [2.75, 3.05) is 17.2 Å². The first-order valence-corrected chi connectivity index (χ1v) is 7.98. The number of carbonyl (C=O) groups excluding carboxylic acids is 2. The highest BCUT2D eigenvalue weighted by Gasteiger charge is 2.16. The zero-order valence-electron chi connectivity index (χ0n) is 13.5. The van der Waals surface area contributed by atoms with Crippen LogP contribution >= 0.6 is 0 Å². The largest absolute Gasteiger partial charge is 0.326 e. The molecule has 6 heteroatoms. The predicted octanol–water partition coefficient (Wildman–Crippen LogP) is 2.26. The highest BCUT2D eigenvalue weighted by Crippen LogP contribution is 2.26. The third-order valence-corrected chi connectivity index (χ3v) is 4.04. The van der Waals surface area contributed by atoms with Gasteiger partial charge in [-0.1, -0.05) is 12.1 Å². The molecule has 124 valence electrons. The first-order valence-electron chi connectivity index (χ1n) is 7.98. The molecule has 1 aliphatic rings. The molecule has 0 radical (unpaired) electrons. The molecule has 1 aromatic carbocycles. The summed E-state index contributed by atoms with van der Waals surface area (Å²) in [7, 11) is 0. The van der Waals surface area contributed by atoms with E-state index < -0.39 is 0 Å². The summed E-state index contributed by atoms with van der Waals surface area (Å²) in [4.78, 5) is 27.3. The first-order chi connectivity index (χ1) is 11.6. The molecule has 6 nitrogen and oxygen atoms in total. The number of rotatable bonds is 5. The number of nitrogens with zero attached hydrogens (tertiary/aromatic N) is 1. The van der Waals surface area contributed by atoms with Gasteiger partial charge in [0.1, 0.15) is 0 Å². The number of pyridine rings is 1. The zero-order valence-corrected chi connectivity index (χ0v) is 13.5. The second-order valence-corrected chi connectivity index (χ2v) is 5.86. The second-order valence-electron chi connectivity index (χ2n) is 5.86. The van der Waals surface area contributed by atoms with Crippen LogP contribution in [-0.4, -0.2) is 23.3 Å². The van der Waals surface area contributed by atoms with Crippen LogP contribution < -0.4 is 16.0 Å². The Labute approximate surface area is 140 Å². The van der Waals surface area contributed by atoms with Crippen LogP contribution in [0.3, 0.4) is 0 Å². The highest BCUT2D eigenvalue weighted by molar-refractivity contribution is 5.94. The number of hydrogen-bond acceptors (Lipinski definition) is 4. The number of amides is 2. The molecule has 2 heterocycles. The molecule has 0 bridgehead atoms. The summed E-state index contributed by atoms with van der Waals surface area (Å²) in [5.41, 5.74) is 3.80. The van der Waals surface area contributed by atoms with E-state index in [1.54, 1.807) is 24.5 Å². The van der Waals surface area contributed by atoms with Crippen molar-refractivity contribution < 1.29 is 9.59 Å². The standard InChI is InChI=1S/C18H20N4O2/c1-12(20-11-18(24)21-15-3-2-8-19-10-15)13-4-6-16-14(9-13)5-7-17(23)22-16/h2-4,6,8-10,12,20H,5,7,11H2,1H3,(H,21,24)(H,22,23). The predicted molar refractivity (Wildman–Crippen MR) is 92.7 cm³/mol. The summed E-state index contributed by atoms with van der Waals surface area (Å²) in [6, 6.07) is 9.60. The van der Waals surface area contributed by atoms with Gasteiger partial charge in [-0.3, -0.25) is 14.6 Å². The molecule has 2 aromatic rings. The van der Waals surface area contributed by atoms with Crippen LogP contribution in [0.15, 0.2) is 42.7 Å². The Morgan fingerprint density at radius 1 is 1.33 bits per heavy atom. The van der Waals surface area contributed by atoms with Crippen molar-refractivity contribution >= 4 is 23.2 Å². The molecule has 0 spiro atoms. The van der Waals surface area contributed by atoms with Crippen molar-refractivity contribution in [2.24, 2.45) is 0 Å². The molecule has 1 unspecified atom stereocenters. The Balaban J connectivity index is 1.56. The van der Waals surface area contributed by atoms with Gasteiger partial charge in [0.05, 0.1) is 18.4 Å². The number of carbonyl (C=O) groups is 2. The van der Waals surface area contributed by atoms with Crippen LogP contribution in [0.2, 0.25) is 0 Å². The van der Waals surface area contributed by atoms with E-state index in [0.29, 0.717) is 12.1 Å². The van der Waals surface area contributed by atoms with E-state index in [1.165, 1.54) is 0 Å². The minimum atomic E-state index is -0.111. The third-order valence-electron chi connectivity index (χ3n) is 4.04. The number of fused-ring (bicyclic) bond motifs is 1. The molecule has 24 heavy (non-hydrogen) atoms. The van der Waals surface area contributed by atoms with E-state index in [4.69, 9.17) is 0 Å². The fourth-order valence-electron chi connectivity index (χ4n) is 2.68. The number of aromatic nitrogens is 1. The van der Waals surface area contributed by atoms with Crippen molar-refractivity contribution in [3.63, 3.8) is 0 Å². The molecule has 0 aliphatic carbocycles. The average molecular weight is 324 g/mol. The number of benzene rings is 1. The van der Waals surface area contributed by atoms with Crippen LogP contribution in [0.1, 0.15) is 30.5 Å². The topological polar surface area (TPSA) is 83.1 Å². The van der Waals surface area contributed by atoms with Gasteiger partial charge in [-0.2, -0.15) is 0 Å². The summed E-state index contributed by atoms with van der Waals surface area (Å²) >= 11 is 0. The Hall–Kier alpha value is -2.73. The smallest absolute Gasteiger partial charge is 0.238 e. The molecule has 0 fully saturated rings. The van der Waals surface area contributed by atoms with Gasteiger partial charge in [0.2, 0.25) is 11.8 Å². The third kappa shape index (κ3) is 3.97. The Bertz CT molecular complexity index is 746. The molecule has 1 atom stereocenters. The molecule has 3 rings (SSSR count). The molecule has 0 saturated heterocycles. The number of aryl methyl sites for hydroxylation is 1. The lowest BCUT2D eigenvalue weighted by molar-refractivity contribution is -0.116. The molecular formula is C18H20N4O2. The van der Waals surface area contributed by atoms with Gasteiger partial charge >= 0.3 is 0 Å². The van der Waals surface area contributed by atoms with Crippen LogP contribution in [0.25, 0.3) is 0 Å². The molecule has 3 N–H and O–H groups in total. The van der Waals surface area contributed by atoms with Crippen LogP contribution in [0.4, 0.5) is 11.4 Å². The summed E-state index contributed by atoms with van der Waals surface area (Å²) in [6.45, 7) is 2.23. The van der Waals surface area contributed by atoms with Crippen molar-refractivity contribution in [2.45, 2.75) is 25.8 Å². The molecule has 2 amide bonds. The maximum atomic E-state index is 12.0. The van der Waals surface area contributed by atoms with Crippen LogP contribution in [0.5, 0.6) is 0 Å².